The Kier molecular flexibility index (Phi) is 3.45. The highest BCUT2D eigenvalue weighted by atomic mass is 16.3. The fourth-order valence-corrected chi connectivity index (χ4v) is 2.18. The van der Waals surface area contributed by atoms with Crippen LogP contribution in [0.25, 0.3) is 0 Å². The molecule has 0 unspecified atom stereocenters. The Morgan fingerprint density at radius 2 is 1.88 bits per heavy atom. The second kappa shape index (κ2) is 4.85. The molecule has 0 saturated heterocycles. The van der Waals surface area contributed by atoms with Gasteiger partial charge in [-0.2, -0.15) is 0 Å². The number of benzene rings is 1. The number of aliphatic hydroxyl groups excluding tert-OH is 1. The smallest absolute Gasteiger partial charge is 0.244 e. The number of carbonyl (C=O) groups excluding carboxylic acids is 1. The molecule has 4 N–H and O–H groups in total. The van der Waals surface area contributed by atoms with Crippen LogP contribution in [0.15, 0.2) is 24.3 Å². The molecule has 0 bridgehead atoms. The largest absolute Gasteiger partial charge is 0.392 e. The van der Waals surface area contributed by atoms with Crippen LogP contribution in [0.5, 0.6) is 0 Å². The predicted molar refractivity (Wildman–Crippen MR) is 66.4 cm³/mol. The molecule has 2 rings (SSSR count). The van der Waals surface area contributed by atoms with Crippen molar-refractivity contribution in [3.63, 3.8) is 0 Å². The number of anilines is 1. The Labute approximate surface area is 101 Å². The van der Waals surface area contributed by atoms with Crippen LogP contribution in [-0.4, -0.2) is 16.6 Å². The van der Waals surface area contributed by atoms with Crippen molar-refractivity contribution in [3.05, 3.63) is 29.8 Å². The number of rotatable bonds is 3. The van der Waals surface area contributed by atoms with Crippen LogP contribution in [0.2, 0.25) is 0 Å². The fourth-order valence-electron chi connectivity index (χ4n) is 2.18. The summed E-state index contributed by atoms with van der Waals surface area (Å²) >= 11 is 0. The zero-order valence-corrected chi connectivity index (χ0v) is 9.78. The lowest BCUT2D eigenvalue weighted by molar-refractivity contribution is -0.121. The van der Waals surface area contributed by atoms with Gasteiger partial charge in [0.15, 0.2) is 0 Å². The van der Waals surface area contributed by atoms with E-state index in [9.17, 15) is 4.79 Å². The fraction of sp³-hybridized carbons (Fsp3) is 0.462. The lowest BCUT2D eigenvalue weighted by Crippen LogP contribution is -2.48. The molecule has 1 amide bonds. The summed E-state index contributed by atoms with van der Waals surface area (Å²) in [4.78, 5) is 12.0. The van der Waals surface area contributed by atoms with Gasteiger partial charge in [-0.05, 0) is 30.5 Å². The molecule has 1 aliphatic carbocycles. The van der Waals surface area contributed by atoms with Gasteiger partial charge in [0.2, 0.25) is 5.91 Å². The number of hydrogen-bond acceptors (Lipinski definition) is 3. The number of hydrogen-bond donors (Lipinski definition) is 3. The molecule has 17 heavy (non-hydrogen) atoms. The Morgan fingerprint density at radius 1 is 1.29 bits per heavy atom. The average molecular weight is 234 g/mol. The third-order valence-corrected chi connectivity index (χ3v) is 3.34. The second-order valence-electron chi connectivity index (χ2n) is 4.67. The van der Waals surface area contributed by atoms with Crippen LogP contribution in [0.1, 0.15) is 31.2 Å². The number of nitrogens with one attached hydrogen (secondary N) is 1. The van der Waals surface area contributed by atoms with Crippen molar-refractivity contribution in [2.24, 2.45) is 5.73 Å². The van der Waals surface area contributed by atoms with Gasteiger partial charge in [-0.15, -0.1) is 0 Å². The molecule has 0 spiro atoms. The van der Waals surface area contributed by atoms with Crippen molar-refractivity contribution < 1.29 is 9.90 Å². The zero-order valence-electron chi connectivity index (χ0n) is 9.78. The number of aliphatic hydroxyl groups is 1. The molecular weight excluding hydrogens is 216 g/mol. The third kappa shape index (κ3) is 2.65. The number of carbonyl (C=O) groups is 1. The minimum Gasteiger partial charge on any atom is -0.392 e. The predicted octanol–water partition coefficient (Wildman–Crippen LogP) is 1.39. The van der Waals surface area contributed by atoms with E-state index in [4.69, 9.17) is 10.8 Å². The van der Waals surface area contributed by atoms with Crippen molar-refractivity contribution in [1.82, 2.24) is 0 Å². The Bertz CT molecular complexity index is 394. The maximum atomic E-state index is 12.0. The van der Waals surface area contributed by atoms with Crippen LogP contribution in [0.4, 0.5) is 5.69 Å². The highest BCUT2D eigenvalue weighted by Gasteiger charge is 2.36. The van der Waals surface area contributed by atoms with Gasteiger partial charge in [0.05, 0.1) is 12.1 Å². The highest BCUT2D eigenvalue weighted by Crippen LogP contribution is 2.28. The van der Waals surface area contributed by atoms with E-state index in [0.717, 1.165) is 36.9 Å². The van der Waals surface area contributed by atoms with Crippen molar-refractivity contribution in [2.75, 3.05) is 5.32 Å². The van der Waals surface area contributed by atoms with Crippen molar-refractivity contribution in [2.45, 2.75) is 37.8 Å². The van der Waals surface area contributed by atoms with E-state index in [1.165, 1.54) is 0 Å². The normalized spacial score (nSPS) is 18.0. The molecule has 1 aromatic rings. The van der Waals surface area contributed by atoms with Crippen LogP contribution in [-0.2, 0) is 11.4 Å². The molecule has 0 aromatic heterocycles. The lowest BCUT2D eigenvalue weighted by atomic mass is 9.98. The van der Waals surface area contributed by atoms with Gasteiger partial charge in [-0.3, -0.25) is 4.79 Å². The standard InChI is InChI=1S/C13H18N2O2/c14-13(7-1-2-8-13)12(17)15-11-5-3-10(9-16)4-6-11/h3-6,16H,1-2,7-9,14H2,(H,15,17). The summed E-state index contributed by atoms with van der Waals surface area (Å²) in [6.07, 6.45) is 3.56. The minimum absolute atomic E-state index is 0.00898. The summed E-state index contributed by atoms with van der Waals surface area (Å²) in [5, 5.41) is 11.7. The first-order valence-corrected chi connectivity index (χ1v) is 5.94. The maximum absolute atomic E-state index is 12.0. The number of amides is 1. The third-order valence-electron chi connectivity index (χ3n) is 3.34. The Balaban J connectivity index is 2.02. The summed E-state index contributed by atoms with van der Waals surface area (Å²) in [6, 6.07) is 7.13. The van der Waals surface area contributed by atoms with Crippen molar-refractivity contribution in [1.29, 1.82) is 0 Å². The first kappa shape index (κ1) is 12.1. The Hall–Kier alpha value is -1.39. The first-order chi connectivity index (χ1) is 8.14. The van der Waals surface area contributed by atoms with E-state index >= 15 is 0 Å². The molecule has 1 aromatic carbocycles. The second-order valence-corrected chi connectivity index (χ2v) is 4.67. The quantitative estimate of drug-likeness (QED) is 0.739. The SMILES string of the molecule is NC1(C(=O)Nc2ccc(CO)cc2)CCCC1. The summed E-state index contributed by atoms with van der Waals surface area (Å²) in [7, 11) is 0. The van der Waals surface area contributed by atoms with Gasteiger partial charge in [0.25, 0.3) is 0 Å². The summed E-state index contributed by atoms with van der Waals surface area (Å²) in [5.74, 6) is -0.105. The van der Waals surface area contributed by atoms with E-state index < -0.39 is 5.54 Å². The van der Waals surface area contributed by atoms with Gasteiger partial charge >= 0.3 is 0 Å². The number of nitrogens with two attached hydrogens (primary N) is 1. The highest BCUT2D eigenvalue weighted by molar-refractivity contribution is 5.98. The van der Waals surface area contributed by atoms with E-state index in [1.807, 2.05) is 0 Å². The molecule has 4 nitrogen and oxygen atoms in total. The van der Waals surface area contributed by atoms with Crippen LogP contribution >= 0.6 is 0 Å². The minimum atomic E-state index is -0.699. The molecule has 0 atom stereocenters. The molecular formula is C13H18N2O2. The summed E-state index contributed by atoms with van der Waals surface area (Å²) < 4.78 is 0. The summed E-state index contributed by atoms with van der Waals surface area (Å²) in [5.41, 5.74) is 6.91. The first-order valence-electron chi connectivity index (χ1n) is 5.94. The zero-order chi connectivity index (χ0) is 12.3. The molecule has 0 heterocycles. The van der Waals surface area contributed by atoms with Crippen molar-refractivity contribution >= 4 is 11.6 Å². The average Bonchev–Trinajstić information content (AvgIpc) is 2.78. The van der Waals surface area contributed by atoms with Gasteiger partial charge in [0, 0.05) is 5.69 Å². The monoisotopic (exact) mass is 234 g/mol. The van der Waals surface area contributed by atoms with E-state index in [1.54, 1.807) is 24.3 Å². The van der Waals surface area contributed by atoms with Crippen LogP contribution in [0, 0.1) is 0 Å². The molecule has 1 saturated carbocycles. The molecule has 0 aliphatic heterocycles. The van der Waals surface area contributed by atoms with Gasteiger partial charge < -0.3 is 16.2 Å². The van der Waals surface area contributed by atoms with Gasteiger partial charge in [-0.25, -0.2) is 0 Å². The van der Waals surface area contributed by atoms with Gasteiger partial charge in [-0.1, -0.05) is 25.0 Å². The molecule has 1 fully saturated rings. The van der Waals surface area contributed by atoms with E-state index in [-0.39, 0.29) is 12.5 Å². The topological polar surface area (TPSA) is 75.4 Å². The van der Waals surface area contributed by atoms with E-state index in [2.05, 4.69) is 5.32 Å². The lowest BCUT2D eigenvalue weighted by Gasteiger charge is -2.22. The van der Waals surface area contributed by atoms with E-state index in [0.29, 0.717) is 0 Å². The van der Waals surface area contributed by atoms with Crippen LogP contribution in [0.3, 0.4) is 0 Å². The Morgan fingerprint density at radius 3 is 2.41 bits per heavy atom. The molecule has 1 aliphatic rings. The molecule has 0 radical (unpaired) electrons. The maximum Gasteiger partial charge on any atom is 0.244 e. The van der Waals surface area contributed by atoms with Crippen LogP contribution < -0.4 is 11.1 Å². The molecule has 92 valence electrons. The van der Waals surface area contributed by atoms with Gasteiger partial charge in [0.1, 0.15) is 0 Å². The van der Waals surface area contributed by atoms with Crippen molar-refractivity contribution in [3.8, 4) is 0 Å². The summed E-state index contributed by atoms with van der Waals surface area (Å²) in [6.45, 7) is 0.00898. The molecule has 4 heteroatoms.